The third-order valence-corrected chi connectivity index (χ3v) is 2.47. The maximum atomic E-state index is 8.90. The van der Waals surface area contributed by atoms with Crippen LogP contribution in [0.5, 0.6) is 0 Å². The minimum absolute atomic E-state index is 0.342. The molecule has 0 aliphatic carbocycles. The molecule has 0 saturated heterocycles. The van der Waals surface area contributed by atoms with Gasteiger partial charge in [0.25, 0.3) is 0 Å². The van der Waals surface area contributed by atoms with Gasteiger partial charge in [-0.1, -0.05) is 0 Å². The van der Waals surface area contributed by atoms with E-state index >= 15 is 0 Å². The summed E-state index contributed by atoms with van der Waals surface area (Å²) in [6.45, 7) is 0. The van der Waals surface area contributed by atoms with Crippen LogP contribution in [-0.4, -0.2) is 27.1 Å². The second-order valence-corrected chi connectivity index (χ2v) is 3.51. The summed E-state index contributed by atoms with van der Waals surface area (Å²) >= 11 is 3.34. The van der Waals surface area contributed by atoms with Gasteiger partial charge in [0.1, 0.15) is 5.65 Å². The van der Waals surface area contributed by atoms with Crippen LogP contribution in [0.2, 0.25) is 0 Å². The van der Waals surface area contributed by atoms with E-state index in [9.17, 15) is 0 Å². The van der Waals surface area contributed by atoms with Crippen LogP contribution in [0.25, 0.3) is 11.0 Å². The quantitative estimate of drug-likeness (QED) is 0.615. The molecule has 0 bridgehead atoms. The van der Waals surface area contributed by atoms with E-state index in [2.05, 4.69) is 25.9 Å². The zero-order chi connectivity index (χ0) is 9.42. The van der Waals surface area contributed by atoms with Crippen LogP contribution in [0.4, 0.5) is 0 Å². The van der Waals surface area contributed by atoms with Crippen LogP contribution in [0.3, 0.4) is 0 Å². The molecule has 0 spiro atoms. The fourth-order valence-corrected chi connectivity index (χ4v) is 1.57. The van der Waals surface area contributed by atoms with E-state index < -0.39 is 7.12 Å². The lowest BCUT2D eigenvalue weighted by Gasteiger charge is -1.89. The smallest absolute Gasteiger partial charge is 0.422 e. The minimum Gasteiger partial charge on any atom is -0.422 e. The van der Waals surface area contributed by atoms with Gasteiger partial charge in [-0.15, -0.1) is 0 Å². The molecule has 3 N–H and O–H groups in total. The van der Waals surface area contributed by atoms with Gasteiger partial charge in [0, 0.05) is 21.6 Å². The fourth-order valence-electron chi connectivity index (χ4n) is 1.15. The van der Waals surface area contributed by atoms with E-state index in [-0.39, 0.29) is 0 Å². The topological polar surface area (TPSA) is 69.1 Å². The number of H-pyrrole nitrogens is 1. The van der Waals surface area contributed by atoms with Crippen LogP contribution < -0.4 is 5.59 Å². The zero-order valence-corrected chi connectivity index (χ0v) is 8.12. The van der Waals surface area contributed by atoms with Crippen molar-refractivity contribution in [2.75, 3.05) is 0 Å². The Hall–Kier alpha value is -0.845. The van der Waals surface area contributed by atoms with E-state index in [1.807, 2.05) is 0 Å². The first-order chi connectivity index (χ1) is 6.18. The van der Waals surface area contributed by atoms with Crippen LogP contribution in [-0.2, 0) is 0 Å². The third kappa shape index (κ3) is 1.48. The van der Waals surface area contributed by atoms with Gasteiger partial charge < -0.3 is 15.0 Å². The average molecular weight is 241 g/mol. The van der Waals surface area contributed by atoms with Gasteiger partial charge in [0.15, 0.2) is 0 Å². The van der Waals surface area contributed by atoms with Crippen molar-refractivity contribution < 1.29 is 10.0 Å². The number of pyridine rings is 1. The van der Waals surface area contributed by atoms with Gasteiger partial charge in [-0.05, 0) is 28.1 Å². The zero-order valence-electron chi connectivity index (χ0n) is 6.53. The van der Waals surface area contributed by atoms with Crippen LogP contribution in [0, 0.1) is 0 Å². The van der Waals surface area contributed by atoms with Crippen molar-refractivity contribution in [3.8, 4) is 0 Å². The second kappa shape index (κ2) is 3.14. The number of nitrogens with zero attached hydrogens (tertiary/aromatic N) is 1. The molecule has 0 unspecified atom stereocenters. The number of aromatic nitrogens is 2. The van der Waals surface area contributed by atoms with Crippen LogP contribution in [0.15, 0.2) is 22.8 Å². The van der Waals surface area contributed by atoms with E-state index in [1.54, 1.807) is 18.3 Å². The Bertz CT molecular complexity index is 443. The molecule has 2 aromatic heterocycles. The fraction of sp³-hybridized carbons (Fsp3) is 0. The highest BCUT2D eigenvalue weighted by Gasteiger charge is 2.15. The third-order valence-electron chi connectivity index (χ3n) is 1.78. The summed E-state index contributed by atoms with van der Waals surface area (Å²) in [5, 5.41) is 18.6. The van der Waals surface area contributed by atoms with Gasteiger partial charge >= 0.3 is 7.12 Å². The Balaban J connectivity index is 2.68. The second-order valence-electron chi connectivity index (χ2n) is 2.65. The highest BCUT2D eigenvalue weighted by Crippen LogP contribution is 2.19. The number of halogens is 1. The Morgan fingerprint density at radius 1 is 1.46 bits per heavy atom. The van der Waals surface area contributed by atoms with Crippen molar-refractivity contribution in [2.24, 2.45) is 0 Å². The molecular weight excluding hydrogens is 235 g/mol. The lowest BCUT2D eigenvalue weighted by molar-refractivity contribution is 0.424. The molecule has 6 heteroatoms. The molecule has 2 aromatic rings. The lowest BCUT2D eigenvalue weighted by atomic mass is 9.87. The molecular formula is C7H6BBrN2O2. The predicted molar refractivity (Wildman–Crippen MR) is 53.6 cm³/mol. The molecule has 66 valence electrons. The molecule has 0 atom stereocenters. The number of hydrogen-bond acceptors (Lipinski definition) is 3. The van der Waals surface area contributed by atoms with Gasteiger partial charge in [-0.25, -0.2) is 4.98 Å². The van der Waals surface area contributed by atoms with E-state index in [0.29, 0.717) is 11.2 Å². The van der Waals surface area contributed by atoms with Crippen molar-refractivity contribution in [3.63, 3.8) is 0 Å². The maximum Gasteiger partial charge on any atom is 0.505 e. The van der Waals surface area contributed by atoms with E-state index in [0.717, 1.165) is 9.86 Å². The van der Waals surface area contributed by atoms with Crippen LogP contribution >= 0.6 is 15.9 Å². The van der Waals surface area contributed by atoms with Crippen LogP contribution in [0.1, 0.15) is 0 Å². The van der Waals surface area contributed by atoms with Crippen molar-refractivity contribution in [3.05, 3.63) is 22.8 Å². The molecule has 0 radical (unpaired) electrons. The minimum atomic E-state index is -1.49. The summed E-state index contributed by atoms with van der Waals surface area (Å²) in [7, 11) is -1.49. The Kier molecular flexibility index (Phi) is 2.11. The molecule has 0 amide bonds. The van der Waals surface area contributed by atoms with Gasteiger partial charge in [0.05, 0.1) is 0 Å². The van der Waals surface area contributed by atoms with Crippen molar-refractivity contribution >= 4 is 39.7 Å². The Morgan fingerprint density at radius 2 is 2.23 bits per heavy atom. The highest BCUT2D eigenvalue weighted by molar-refractivity contribution is 9.10. The van der Waals surface area contributed by atoms with Gasteiger partial charge in [-0.2, -0.15) is 0 Å². The summed E-state index contributed by atoms with van der Waals surface area (Å²) in [6.07, 6.45) is 1.64. The first-order valence-electron chi connectivity index (χ1n) is 3.68. The molecule has 2 heterocycles. The summed E-state index contributed by atoms with van der Waals surface area (Å²) < 4.78 is 0.876. The molecule has 0 aliphatic heterocycles. The van der Waals surface area contributed by atoms with Crippen molar-refractivity contribution in [1.82, 2.24) is 9.97 Å². The molecule has 4 nitrogen and oxygen atoms in total. The van der Waals surface area contributed by atoms with Gasteiger partial charge in [0.2, 0.25) is 0 Å². The number of hydrogen-bond donors (Lipinski definition) is 3. The molecule has 0 aliphatic rings. The molecule has 0 saturated carbocycles. The largest absolute Gasteiger partial charge is 0.505 e. The van der Waals surface area contributed by atoms with Crippen molar-refractivity contribution in [1.29, 1.82) is 0 Å². The number of rotatable bonds is 1. The molecule has 13 heavy (non-hydrogen) atoms. The van der Waals surface area contributed by atoms with Crippen molar-refractivity contribution in [2.45, 2.75) is 0 Å². The summed E-state index contributed by atoms with van der Waals surface area (Å²) in [5.41, 5.74) is 0.979. The number of fused-ring (bicyclic) bond motifs is 1. The Morgan fingerprint density at radius 3 is 2.85 bits per heavy atom. The summed E-state index contributed by atoms with van der Waals surface area (Å²) in [6, 6.07) is 3.45. The standard InChI is InChI=1S/C7H6BBrN2O2/c9-5-1-2-10-7-4(5)3-6(11-7)8(12)13/h1-3,12-13H,(H,10,11). The predicted octanol–water partition coefficient (Wildman–Crippen LogP) is 0.00520. The monoisotopic (exact) mass is 240 g/mol. The van der Waals surface area contributed by atoms with E-state index in [4.69, 9.17) is 10.0 Å². The summed E-state index contributed by atoms with van der Waals surface area (Å²) in [4.78, 5) is 6.83. The number of nitrogens with one attached hydrogen (secondary N) is 1. The highest BCUT2D eigenvalue weighted by atomic mass is 79.9. The molecule has 2 rings (SSSR count). The number of aromatic amines is 1. The molecule has 0 fully saturated rings. The summed E-state index contributed by atoms with van der Waals surface area (Å²) in [5.74, 6) is 0. The first kappa shape index (κ1) is 8.74. The normalized spacial score (nSPS) is 10.7. The Labute approximate surface area is 82.9 Å². The lowest BCUT2D eigenvalue weighted by Crippen LogP contribution is -2.30. The SMILES string of the molecule is OB(O)c1cc2c(Br)ccnc2[nH]1. The maximum absolute atomic E-state index is 8.90. The molecule has 0 aromatic carbocycles. The first-order valence-corrected chi connectivity index (χ1v) is 4.47. The average Bonchev–Trinajstić information content (AvgIpc) is 2.49. The van der Waals surface area contributed by atoms with E-state index in [1.165, 1.54) is 0 Å². The van der Waals surface area contributed by atoms with Gasteiger partial charge in [-0.3, -0.25) is 0 Å².